The van der Waals surface area contributed by atoms with Crippen LogP contribution in [0.5, 0.6) is 0 Å². The molecule has 0 N–H and O–H groups in total. The highest BCUT2D eigenvalue weighted by Crippen LogP contribution is 2.61. The number of nitrogens with zero attached hydrogens (tertiary/aromatic N) is 2. The summed E-state index contributed by atoms with van der Waals surface area (Å²) >= 11 is 0. The Hall–Kier alpha value is -5.88. The highest BCUT2D eigenvalue weighted by Gasteiger charge is 2.55. The van der Waals surface area contributed by atoms with Crippen LogP contribution in [0.25, 0.3) is 32.7 Å². The van der Waals surface area contributed by atoms with Crippen LogP contribution < -0.4 is 4.90 Å². The van der Waals surface area contributed by atoms with E-state index in [0.29, 0.717) is 27.9 Å². The van der Waals surface area contributed by atoms with Crippen molar-refractivity contribution in [2.45, 2.75) is 104 Å². The molecule has 290 valence electrons. The van der Waals surface area contributed by atoms with Crippen LogP contribution in [0.3, 0.4) is 0 Å². The minimum absolute atomic E-state index is 0.0435. The lowest BCUT2D eigenvalue weighted by Crippen LogP contribution is -2.46. The smallest absolute Gasteiger partial charge is 0.266 e. The average molecular weight is 765 g/mol. The van der Waals surface area contributed by atoms with Gasteiger partial charge in [-0.15, -0.1) is 0 Å². The maximum atomic E-state index is 14.8. The lowest BCUT2D eigenvalue weighted by atomic mass is 9.49. The predicted molar refractivity (Wildman–Crippen MR) is 231 cm³/mol. The molecule has 6 nitrogen and oxygen atoms in total. The number of imide groups is 2. The zero-order valence-electron chi connectivity index (χ0n) is 35.0. The molecule has 11 rings (SSSR count). The zero-order valence-corrected chi connectivity index (χ0v) is 35.0. The van der Waals surface area contributed by atoms with Gasteiger partial charge in [0.1, 0.15) is 0 Å². The van der Waals surface area contributed by atoms with Crippen LogP contribution in [0.1, 0.15) is 149 Å². The van der Waals surface area contributed by atoms with Gasteiger partial charge in [0, 0.05) is 21.8 Å². The van der Waals surface area contributed by atoms with Crippen molar-refractivity contribution in [3.8, 4) is 11.1 Å². The van der Waals surface area contributed by atoms with Crippen LogP contribution in [0.2, 0.25) is 0 Å². The van der Waals surface area contributed by atoms with Crippen LogP contribution in [-0.2, 0) is 16.2 Å². The lowest BCUT2D eigenvalue weighted by Gasteiger charge is -2.53. The van der Waals surface area contributed by atoms with Gasteiger partial charge in [-0.3, -0.25) is 24.1 Å². The molecule has 0 saturated heterocycles. The molecule has 6 aromatic carbocycles. The van der Waals surface area contributed by atoms with Crippen LogP contribution in [0.4, 0.5) is 5.69 Å². The molecule has 0 saturated carbocycles. The van der Waals surface area contributed by atoms with Gasteiger partial charge >= 0.3 is 0 Å². The number of fused-ring (bicyclic) bond motifs is 5. The maximum Gasteiger partial charge on any atom is 0.266 e. The van der Waals surface area contributed by atoms with E-state index in [0.717, 1.165) is 62.6 Å². The molecule has 5 aliphatic rings. The number of hydrogen-bond acceptors (Lipinski definition) is 4. The van der Waals surface area contributed by atoms with Crippen molar-refractivity contribution in [2.24, 2.45) is 0 Å². The van der Waals surface area contributed by atoms with Crippen molar-refractivity contribution in [2.75, 3.05) is 4.90 Å². The number of carbonyl (C=O) groups is 4. The second-order valence-corrected chi connectivity index (χ2v) is 19.7. The summed E-state index contributed by atoms with van der Waals surface area (Å²) in [5, 5.41) is 4.22. The number of carbonyl (C=O) groups excluding carboxylic acids is 4. The highest BCUT2D eigenvalue weighted by molar-refractivity contribution is 6.37. The standard InChI is InChI=1S/C52H48N2O4/c1-27-21-33(29-15-11-13-17-31(29)43(27)49(3,4)5)34-22-28(2)44(32-18-14-12-16-30(32)34)53-45(55)35-23-39-40(24-36(35)46(53)56)52(10)20-19-51(39,9)41-25-37-38(26-42(41)52)48(58)54(47(37)57)50(6,7)8/h11-18,21-26H,19-20H2,1-10H3. The first-order valence-corrected chi connectivity index (χ1v) is 20.5. The summed E-state index contributed by atoms with van der Waals surface area (Å²) in [5.74, 6) is -1.19. The van der Waals surface area contributed by atoms with E-state index in [2.05, 4.69) is 84.0 Å². The third-order valence-corrected chi connectivity index (χ3v) is 13.9. The summed E-state index contributed by atoms with van der Waals surface area (Å²) in [4.78, 5) is 59.9. The van der Waals surface area contributed by atoms with Crippen molar-refractivity contribution in [3.05, 3.63) is 146 Å². The number of rotatable bonds is 2. The first kappa shape index (κ1) is 36.5. The third-order valence-electron chi connectivity index (χ3n) is 13.9. The Balaban J connectivity index is 1.12. The molecule has 2 heterocycles. The fourth-order valence-electron chi connectivity index (χ4n) is 11.3. The lowest BCUT2D eigenvalue weighted by molar-refractivity contribution is 0.0507. The third kappa shape index (κ3) is 4.54. The number of anilines is 1. The summed E-state index contributed by atoms with van der Waals surface area (Å²) < 4.78 is 0. The van der Waals surface area contributed by atoms with Gasteiger partial charge in [0.25, 0.3) is 23.6 Å². The van der Waals surface area contributed by atoms with Crippen molar-refractivity contribution >= 4 is 50.9 Å². The topological polar surface area (TPSA) is 74.8 Å². The van der Waals surface area contributed by atoms with Crippen molar-refractivity contribution in [3.63, 3.8) is 0 Å². The fourth-order valence-corrected chi connectivity index (χ4v) is 11.3. The first-order chi connectivity index (χ1) is 27.3. The summed E-state index contributed by atoms with van der Waals surface area (Å²) in [6.07, 6.45) is 1.63. The van der Waals surface area contributed by atoms with E-state index >= 15 is 0 Å². The van der Waals surface area contributed by atoms with Crippen molar-refractivity contribution in [1.29, 1.82) is 0 Å². The van der Waals surface area contributed by atoms with Gasteiger partial charge < -0.3 is 0 Å². The molecule has 0 fully saturated rings. The largest absolute Gasteiger partial charge is 0.269 e. The van der Waals surface area contributed by atoms with Crippen LogP contribution in [-0.4, -0.2) is 34.1 Å². The molecule has 2 bridgehead atoms. The maximum absolute atomic E-state index is 14.8. The zero-order chi connectivity index (χ0) is 41.2. The van der Waals surface area contributed by atoms with E-state index in [-0.39, 0.29) is 29.0 Å². The highest BCUT2D eigenvalue weighted by atomic mass is 16.2. The molecule has 0 radical (unpaired) electrons. The Labute approximate surface area is 339 Å². The van der Waals surface area contributed by atoms with Gasteiger partial charge in [-0.25, -0.2) is 4.90 Å². The summed E-state index contributed by atoms with van der Waals surface area (Å²) in [6, 6.07) is 29.0. The van der Waals surface area contributed by atoms with E-state index in [1.165, 1.54) is 31.7 Å². The van der Waals surface area contributed by atoms with Crippen LogP contribution in [0.15, 0.2) is 84.9 Å². The molecular formula is C52H48N2O4. The molecule has 4 amide bonds. The van der Waals surface area contributed by atoms with Crippen LogP contribution >= 0.6 is 0 Å². The molecular weight excluding hydrogens is 717 g/mol. The van der Waals surface area contributed by atoms with E-state index in [1.807, 2.05) is 70.2 Å². The first-order valence-electron chi connectivity index (χ1n) is 20.5. The van der Waals surface area contributed by atoms with Gasteiger partial charge in [-0.2, -0.15) is 0 Å². The predicted octanol–water partition coefficient (Wildman–Crippen LogP) is 11.5. The molecule has 2 unspecified atom stereocenters. The Morgan fingerprint density at radius 1 is 0.483 bits per heavy atom. The van der Waals surface area contributed by atoms with Gasteiger partial charge in [0.05, 0.1) is 27.9 Å². The molecule has 6 heteroatoms. The normalized spacial score (nSPS) is 21.0. The Morgan fingerprint density at radius 2 is 0.862 bits per heavy atom. The van der Waals surface area contributed by atoms with E-state index < -0.39 is 16.4 Å². The Bertz CT molecular complexity index is 2860. The molecule has 6 aromatic rings. The average Bonchev–Trinajstić information content (AvgIpc) is 3.56. The van der Waals surface area contributed by atoms with E-state index in [1.54, 1.807) is 0 Å². The summed E-state index contributed by atoms with van der Waals surface area (Å²) in [5.41, 5.74) is 10.2. The fraction of sp³-hybridized carbons (Fsp3) is 0.308. The van der Waals surface area contributed by atoms with E-state index in [4.69, 9.17) is 0 Å². The minimum atomic E-state index is -0.661. The minimum Gasteiger partial charge on any atom is -0.269 e. The molecule has 0 aromatic heterocycles. The Kier molecular flexibility index (Phi) is 7.17. The van der Waals surface area contributed by atoms with Gasteiger partial charge in [-0.1, -0.05) is 89.2 Å². The molecule has 3 aliphatic carbocycles. The van der Waals surface area contributed by atoms with Crippen molar-refractivity contribution in [1.82, 2.24) is 4.90 Å². The molecule has 2 aliphatic heterocycles. The number of aryl methyl sites for hydroxylation is 2. The molecule has 58 heavy (non-hydrogen) atoms. The van der Waals surface area contributed by atoms with Crippen molar-refractivity contribution < 1.29 is 19.2 Å². The molecule has 2 atom stereocenters. The number of amides is 4. The van der Waals surface area contributed by atoms with Gasteiger partial charge in [0.15, 0.2) is 0 Å². The quantitative estimate of drug-likeness (QED) is 0.165. The SMILES string of the molecule is Cc1cc(-c2cc(C)c(C(C)(C)C)c3ccccc23)c2ccccc2c1N1C(=O)c2cc3c(cc2C1=O)C1(C)CCC3(C)c2cc3c(cc21)C(=O)N(C(C)(C)C)C3=O. The second kappa shape index (κ2) is 11.4. The number of hydrogen-bond donors (Lipinski definition) is 0. The monoisotopic (exact) mass is 764 g/mol. The molecule has 0 spiro atoms. The second-order valence-electron chi connectivity index (χ2n) is 19.7. The summed E-state index contributed by atoms with van der Waals surface area (Å²) in [6.45, 7) is 21.0. The van der Waals surface area contributed by atoms with Crippen LogP contribution in [0, 0.1) is 13.8 Å². The number of benzene rings is 6. The Morgan fingerprint density at radius 3 is 1.29 bits per heavy atom. The summed E-state index contributed by atoms with van der Waals surface area (Å²) in [7, 11) is 0. The van der Waals surface area contributed by atoms with Gasteiger partial charge in [0.2, 0.25) is 0 Å². The van der Waals surface area contributed by atoms with Gasteiger partial charge in [-0.05, 0) is 149 Å². The van der Waals surface area contributed by atoms with E-state index in [9.17, 15) is 19.2 Å².